The van der Waals surface area contributed by atoms with Gasteiger partial charge in [-0.15, -0.1) is 0 Å². The summed E-state index contributed by atoms with van der Waals surface area (Å²) in [6.45, 7) is 0. The van der Waals surface area contributed by atoms with E-state index in [1.807, 2.05) is 0 Å². The summed E-state index contributed by atoms with van der Waals surface area (Å²) in [6, 6.07) is 80.8. The highest BCUT2D eigenvalue weighted by Gasteiger charge is 2.20. The van der Waals surface area contributed by atoms with E-state index in [0.29, 0.717) is 0 Å². The zero-order chi connectivity index (χ0) is 35.4. The van der Waals surface area contributed by atoms with Crippen LogP contribution in [0.5, 0.6) is 0 Å². The van der Waals surface area contributed by atoms with Gasteiger partial charge in [-0.05, 0) is 85.6 Å². The third-order valence-electron chi connectivity index (χ3n) is 10.1. The Morgan fingerprint density at radius 2 is 0.642 bits per heavy atom. The van der Waals surface area contributed by atoms with E-state index in [1.54, 1.807) is 0 Å². The van der Waals surface area contributed by atoms with Crippen LogP contribution in [0.25, 0.3) is 66.4 Å². The van der Waals surface area contributed by atoms with E-state index in [9.17, 15) is 0 Å². The molecule has 0 aromatic heterocycles. The van der Waals surface area contributed by atoms with E-state index in [1.165, 1.54) is 60.8 Å². The fraction of sp³-hybridized carbons (Fsp3) is 0. The van der Waals surface area contributed by atoms with Crippen molar-refractivity contribution in [2.24, 2.45) is 0 Å². The van der Waals surface area contributed by atoms with Gasteiger partial charge in [0.05, 0.1) is 11.4 Å². The topological polar surface area (TPSA) is 3.24 Å². The van der Waals surface area contributed by atoms with Crippen molar-refractivity contribution < 1.29 is 0 Å². The zero-order valence-electron chi connectivity index (χ0n) is 29.3. The molecular formula is C52H37N. The molecule has 0 aliphatic heterocycles. The second-order valence-electron chi connectivity index (χ2n) is 13.3. The Bertz CT molecular complexity index is 2640. The first kappa shape index (κ1) is 32.0. The molecule has 0 bridgehead atoms. The second kappa shape index (κ2) is 14.3. The molecule has 0 aliphatic carbocycles. The lowest BCUT2D eigenvalue weighted by Crippen LogP contribution is -2.12. The molecule has 0 saturated carbocycles. The normalized spacial score (nSPS) is 11.0. The predicted octanol–water partition coefficient (Wildman–Crippen LogP) is 14.6. The first-order chi connectivity index (χ1) is 26.3. The van der Waals surface area contributed by atoms with Gasteiger partial charge in [-0.2, -0.15) is 0 Å². The molecule has 53 heavy (non-hydrogen) atoms. The number of hydrogen-bond acceptors (Lipinski definition) is 1. The first-order valence-electron chi connectivity index (χ1n) is 18.2. The zero-order valence-corrected chi connectivity index (χ0v) is 29.3. The highest BCUT2D eigenvalue weighted by atomic mass is 15.1. The highest BCUT2D eigenvalue weighted by molar-refractivity contribution is 5.98. The van der Waals surface area contributed by atoms with Gasteiger partial charge >= 0.3 is 0 Å². The summed E-state index contributed by atoms with van der Waals surface area (Å²) in [4.78, 5) is 2.42. The van der Waals surface area contributed by atoms with Crippen molar-refractivity contribution in [2.45, 2.75) is 0 Å². The third-order valence-corrected chi connectivity index (χ3v) is 10.1. The predicted molar refractivity (Wildman–Crippen MR) is 226 cm³/mol. The standard InChI is InChI=1S/C52H37N/c1-3-15-38(16-4-1)39-29-31-40(32-30-39)41-33-35-46(36-34-41)53(51-27-11-9-24-49(51)43-17-5-2-6-18-43)52-28-12-10-25-50(52)45-22-13-21-44(37-45)48-26-14-20-42-19-7-8-23-47(42)48/h1-37H. The van der Waals surface area contributed by atoms with Crippen molar-refractivity contribution in [3.63, 3.8) is 0 Å². The molecule has 1 nitrogen and oxygen atoms in total. The lowest BCUT2D eigenvalue weighted by Gasteiger charge is -2.30. The molecule has 0 heterocycles. The smallest absolute Gasteiger partial charge is 0.0540 e. The van der Waals surface area contributed by atoms with Gasteiger partial charge in [-0.1, -0.05) is 194 Å². The Balaban J connectivity index is 1.17. The fourth-order valence-corrected chi connectivity index (χ4v) is 7.47. The number of fused-ring (bicyclic) bond motifs is 1. The van der Waals surface area contributed by atoms with Crippen LogP contribution in [-0.2, 0) is 0 Å². The third kappa shape index (κ3) is 6.42. The SMILES string of the molecule is c1ccc(-c2ccc(-c3ccc(N(c4ccccc4-c4ccccc4)c4ccccc4-c4cccc(-c5cccc6ccccc56)c4)cc3)cc2)cc1. The van der Waals surface area contributed by atoms with Crippen LogP contribution in [0, 0.1) is 0 Å². The lowest BCUT2D eigenvalue weighted by molar-refractivity contribution is 1.28. The average molecular weight is 676 g/mol. The van der Waals surface area contributed by atoms with Gasteiger partial charge in [0.25, 0.3) is 0 Å². The molecule has 1 heteroatoms. The Morgan fingerprint density at radius 1 is 0.245 bits per heavy atom. The number of anilines is 3. The maximum atomic E-state index is 2.42. The molecule has 9 aromatic rings. The largest absolute Gasteiger partial charge is 0.309 e. The van der Waals surface area contributed by atoms with Gasteiger partial charge in [-0.25, -0.2) is 0 Å². The first-order valence-corrected chi connectivity index (χ1v) is 18.2. The monoisotopic (exact) mass is 675 g/mol. The summed E-state index contributed by atoms with van der Waals surface area (Å²) in [6.07, 6.45) is 0. The molecule has 0 saturated heterocycles. The Labute approximate surface area is 311 Å². The quantitative estimate of drug-likeness (QED) is 0.155. The minimum Gasteiger partial charge on any atom is -0.309 e. The molecule has 9 rings (SSSR count). The van der Waals surface area contributed by atoms with E-state index in [0.717, 1.165) is 22.6 Å². The van der Waals surface area contributed by atoms with Crippen molar-refractivity contribution in [3.05, 3.63) is 224 Å². The summed E-state index contributed by atoms with van der Waals surface area (Å²) in [5.74, 6) is 0. The van der Waals surface area contributed by atoms with Gasteiger partial charge in [0, 0.05) is 16.8 Å². The van der Waals surface area contributed by atoms with Crippen LogP contribution in [0.3, 0.4) is 0 Å². The summed E-state index contributed by atoms with van der Waals surface area (Å²) in [5, 5.41) is 2.50. The van der Waals surface area contributed by atoms with Crippen LogP contribution in [0.15, 0.2) is 224 Å². The van der Waals surface area contributed by atoms with Crippen molar-refractivity contribution in [2.75, 3.05) is 4.90 Å². The molecule has 250 valence electrons. The Hall–Kier alpha value is -6.96. The molecule has 0 unspecified atom stereocenters. The van der Waals surface area contributed by atoms with Crippen molar-refractivity contribution in [3.8, 4) is 55.6 Å². The molecule has 0 spiro atoms. The summed E-state index contributed by atoms with van der Waals surface area (Å²) in [7, 11) is 0. The van der Waals surface area contributed by atoms with Crippen LogP contribution in [-0.4, -0.2) is 0 Å². The second-order valence-corrected chi connectivity index (χ2v) is 13.3. The fourth-order valence-electron chi connectivity index (χ4n) is 7.47. The average Bonchev–Trinajstić information content (AvgIpc) is 3.25. The number of benzene rings is 9. The number of hydrogen-bond donors (Lipinski definition) is 0. The van der Waals surface area contributed by atoms with Crippen molar-refractivity contribution in [1.82, 2.24) is 0 Å². The molecule has 0 fully saturated rings. The Morgan fingerprint density at radius 3 is 1.28 bits per heavy atom. The maximum Gasteiger partial charge on any atom is 0.0540 e. The van der Waals surface area contributed by atoms with Crippen LogP contribution in [0.1, 0.15) is 0 Å². The molecule has 0 amide bonds. The molecule has 0 N–H and O–H groups in total. The minimum atomic E-state index is 1.09. The number of nitrogens with zero attached hydrogens (tertiary/aromatic N) is 1. The summed E-state index contributed by atoms with van der Waals surface area (Å²) >= 11 is 0. The van der Waals surface area contributed by atoms with Crippen molar-refractivity contribution in [1.29, 1.82) is 0 Å². The maximum absolute atomic E-state index is 2.42. The van der Waals surface area contributed by atoms with E-state index in [-0.39, 0.29) is 0 Å². The van der Waals surface area contributed by atoms with Crippen LogP contribution >= 0.6 is 0 Å². The summed E-state index contributed by atoms with van der Waals surface area (Å²) < 4.78 is 0. The molecule has 0 radical (unpaired) electrons. The number of para-hydroxylation sites is 2. The van der Waals surface area contributed by atoms with E-state index in [2.05, 4.69) is 229 Å². The highest BCUT2D eigenvalue weighted by Crippen LogP contribution is 2.45. The van der Waals surface area contributed by atoms with Crippen LogP contribution in [0.4, 0.5) is 17.1 Å². The van der Waals surface area contributed by atoms with E-state index >= 15 is 0 Å². The van der Waals surface area contributed by atoms with Gasteiger partial charge in [-0.3, -0.25) is 0 Å². The van der Waals surface area contributed by atoms with Gasteiger partial charge < -0.3 is 4.90 Å². The number of rotatable bonds is 8. The lowest BCUT2D eigenvalue weighted by atomic mass is 9.94. The minimum absolute atomic E-state index is 1.09. The van der Waals surface area contributed by atoms with Crippen LogP contribution < -0.4 is 4.90 Å². The summed E-state index contributed by atoms with van der Waals surface area (Å²) in [5.41, 5.74) is 15.3. The molecular weight excluding hydrogens is 639 g/mol. The van der Waals surface area contributed by atoms with Crippen molar-refractivity contribution >= 4 is 27.8 Å². The van der Waals surface area contributed by atoms with Crippen LogP contribution in [0.2, 0.25) is 0 Å². The van der Waals surface area contributed by atoms with Gasteiger partial charge in [0.2, 0.25) is 0 Å². The van der Waals surface area contributed by atoms with E-state index in [4.69, 9.17) is 0 Å². The molecule has 0 aliphatic rings. The van der Waals surface area contributed by atoms with E-state index < -0.39 is 0 Å². The molecule has 0 atom stereocenters. The molecule has 9 aromatic carbocycles. The van der Waals surface area contributed by atoms with Gasteiger partial charge in [0.15, 0.2) is 0 Å². The van der Waals surface area contributed by atoms with Gasteiger partial charge in [0.1, 0.15) is 0 Å². The Kier molecular flexibility index (Phi) is 8.66.